The van der Waals surface area contributed by atoms with Crippen molar-refractivity contribution in [3.05, 3.63) is 198 Å². The maximum atomic E-state index is 15.0. The summed E-state index contributed by atoms with van der Waals surface area (Å²) in [6, 6.07) is 55.9. The summed E-state index contributed by atoms with van der Waals surface area (Å²) in [4.78, 5) is 5.69. The van der Waals surface area contributed by atoms with E-state index in [2.05, 4.69) is 174 Å². The first-order valence-corrected chi connectivity index (χ1v) is 17.4. The van der Waals surface area contributed by atoms with E-state index in [1.54, 1.807) is 0 Å². The van der Waals surface area contributed by atoms with E-state index in [1.807, 2.05) is 6.07 Å². The zero-order valence-electron chi connectivity index (χ0n) is 25.5. The molecule has 0 amide bonds. The molecule has 2 aliphatic heterocycles. The zero-order chi connectivity index (χ0) is 31.1. The van der Waals surface area contributed by atoms with Gasteiger partial charge >= 0.3 is 0 Å². The summed E-state index contributed by atoms with van der Waals surface area (Å²) in [5.74, 6) is 0. The van der Waals surface area contributed by atoms with E-state index in [4.69, 9.17) is 0 Å². The highest BCUT2D eigenvalue weighted by Crippen LogP contribution is 2.65. The second kappa shape index (κ2) is 10.0. The molecule has 2 heterocycles. The van der Waals surface area contributed by atoms with Crippen LogP contribution in [0.2, 0.25) is 0 Å². The van der Waals surface area contributed by atoms with Crippen molar-refractivity contribution in [1.82, 2.24) is 0 Å². The van der Waals surface area contributed by atoms with Crippen molar-refractivity contribution in [2.75, 3.05) is 9.80 Å². The number of benzene rings is 6. The number of rotatable bonds is 2. The summed E-state index contributed by atoms with van der Waals surface area (Å²) >= 11 is 0. The van der Waals surface area contributed by atoms with Crippen molar-refractivity contribution >= 4 is 44.8 Å². The molecule has 0 aromatic heterocycles. The quantitative estimate of drug-likeness (QED) is 0.192. The normalized spacial score (nSPS) is 21.0. The lowest BCUT2D eigenvalue weighted by molar-refractivity contribution is 0.658. The fraction of sp³-hybridized carbons (Fsp3) is 0.0698. The lowest BCUT2D eigenvalue weighted by Gasteiger charge is -2.47. The van der Waals surface area contributed by atoms with Gasteiger partial charge in [-0.3, -0.25) is 4.21 Å². The second-order valence-electron chi connectivity index (χ2n) is 12.6. The lowest BCUT2D eigenvalue weighted by atomic mass is 9.63. The van der Waals surface area contributed by atoms with Crippen molar-refractivity contribution in [2.45, 2.75) is 21.6 Å². The van der Waals surface area contributed by atoms with E-state index >= 15 is 0 Å². The predicted molar refractivity (Wildman–Crippen MR) is 193 cm³/mol. The van der Waals surface area contributed by atoms with Crippen LogP contribution in [0.5, 0.6) is 0 Å². The first-order valence-electron chi connectivity index (χ1n) is 16.2. The summed E-state index contributed by atoms with van der Waals surface area (Å²) in [6.45, 7) is 0. The highest BCUT2D eigenvalue weighted by molar-refractivity contribution is 7.86. The molecule has 6 aromatic rings. The average Bonchev–Trinajstić information content (AvgIpc) is 3.43. The summed E-state index contributed by atoms with van der Waals surface area (Å²) in [6.07, 6.45) is 4.69. The number of allylic oxidation sites excluding steroid dienone is 2. The molecule has 47 heavy (non-hydrogen) atoms. The minimum Gasteiger partial charge on any atom is -0.332 e. The number of fused-ring (bicyclic) bond motifs is 11. The molecule has 4 aliphatic rings. The molecule has 0 N–H and O–H groups in total. The summed E-state index contributed by atoms with van der Waals surface area (Å²) < 4.78 is 15.0. The third-order valence-electron chi connectivity index (χ3n) is 10.4. The minimum absolute atomic E-state index is 0.106. The van der Waals surface area contributed by atoms with E-state index in [1.165, 1.54) is 33.4 Å². The van der Waals surface area contributed by atoms with Gasteiger partial charge in [0.05, 0.1) is 49.5 Å². The van der Waals surface area contributed by atoms with Crippen molar-refractivity contribution in [1.29, 1.82) is 0 Å². The molecule has 0 saturated heterocycles. The van der Waals surface area contributed by atoms with Gasteiger partial charge < -0.3 is 9.80 Å². The van der Waals surface area contributed by atoms with E-state index in [0.29, 0.717) is 0 Å². The van der Waals surface area contributed by atoms with Crippen molar-refractivity contribution in [3.63, 3.8) is 0 Å². The van der Waals surface area contributed by atoms with Crippen LogP contribution in [0, 0.1) is 0 Å². The third kappa shape index (κ3) is 3.48. The van der Waals surface area contributed by atoms with Crippen LogP contribution in [0.1, 0.15) is 22.3 Å². The summed E-state index contributed by atoms with van der Waals surface area (Å²) in [5, 5.41) is -0.253. The van der Waals surface area contributed by atoms with E-state index in [9.17, 15) is 4.21 Å². The molecule has 224 valence electrons. The third-order valence-corrected chi connectivity index (χ3v) is 12.1. The molecule has 0 fully saturated rings. The molecule has 0 radical (unpaired) electrons. The molecule has 3 atom stereocenters. The Morgan fingerprint density at radius 1 is 0.532 bits per heavy atom. The van der Waals surface area contributed by atoms with Gasteiger partial charge in [0, 0.05) is 11.4 Å². The Labute approximate surface area is 277 Å². The van der Waals surface area contributed by atoms with Gasteiger partial charge in [0.25, 0.3) is 0 Å². The molecule has 1 spiro atoms. The van der Waals surface area contributed by atoms with Gasteiger partial charge in [-0.25, -0.2) is 0 Å². The van der Waals surface area contributed by atoms with E-state index in [-0.39, 0.29) is 11.3 Å². The van der Waals surface area contributed by atoms with Gasteiger partial charge in [-0.1, -0.05) is 121 Å². The fourth-order valence-corrected chi connectivity index (χ4v) is 10.5. The molecule has 0 bridgehead atoms. The topological polar surface area (TPSA) is 23.6 Å². The Morgan fingerprint density at radius 2 is 1.06 bits per heavy atom. The van der Waals surface area contributed by atoms with E-state index < -0.39 is 16.2 Å². The monoisotopic (exact) mass is 622 g/mol. The smallest absolute Gasteiger partial charge is 0.0896 e. The molecule has 2 aliphatic carbocycles. The highest BCUT2D eigenvalue weighted by Gasteiger charge is 2.56. The second-order valence-corrected chi connectivity index (χ2v) is 14.1. The van der Waals surface area contributed by atoms with Gasteiger partial charge in [-0.05, 0) is 81.9 Å². The number of hydrogen-bond acceptors (Lipinski definition) is 3. The molecule has 6 aromatic carbocycles. The van der Waals surface area contributed by atoms with Crippen molar-refractivity contribution in [3.8, 4) is 0 Å². The molecule has 10 rings (SSSR count). The maximum Gasteiger partial charge on any atom is 0.0896 e. The molecular formula is C43H30N2OS. The van der Waals surface area contributed by atoms with Crippen LogP contribution in [0.25, 0.3) is 5.57 Å². The molecule has 4 heteroatoms. The van der Waals surface area contributed by atoms with Gasteiger partial charge in [0.15, 0.2) is 0 Å². The van der Waals surface area contributed by atoms with Crippen LogP contribution in [-0.4, -0.2) is 15.5 Å². The first-order chi connectivity index (χ1) is 23.3. The van der Waals surface area contributed by atoms with Gasteiger partial charge in [0.2, 0.25) is 0 Å². The van der Waals surface area contributed by atoms with Gasteiger partial charge in [-0.2, -0.15) is 0 Å². The van der Waals surface area contributed by atoms with Crippen LogP contribution in [0.3, 0.4) is 0 Å². The minimum atomic E-state index is -1.28. The van der Waals surface area contributed by atoms with Crippen LogP contribution in [0.4, 0.5) is 28.4 Å². The number of para-hydroxylation sites is 5. The summed E-state index contributed by atoms with van der Waals surface area (Å²) in [7, 11) is -1.28. The van der Waals surface area contributed by atoms with Gasteiger partial charge in [0.1, 0.15) is 0 Å². The summed E-state index contributed by atoms with van der Waals surface area (Å²) in [5.41, 5.74) is 12.4. The van der Waals surface area contributed by atoms with Crippen LogP contribution in [-0.2, 0) is 16.2 Å². The lowest BCUT2D eigenvalue weighted by Crippen LogP contribution is -2.48. The fourth-order valence-electron chi connectivity index (χ4n) is 8.69. The zero-order valence-corrected chi connectivity index (χ0v) is 26.3. The largest absolute Gasteiger partial charge is 0.332 e. The Morgan fingerprint density at radius 3 is 1.74 bits per heavy atom. The molecule has 3 nitrogen and oxygen atoms in total. The molecule has 3 unspecified atom stereocenters. The SMILES string of the molecule is O=S1c2ccccc2N(c2ccccc2)C2C=CC3=C(c4ccccc4C34c3ccccc3N(c3ccccc3)c3ccccc34)C21. The molecular weight excluding hydrogens is 593 g/mol. The average molecular weight is 623 g/mol. The molecule has 0 saturated carbocycles. The van der Waals surface area contributed by atoms with Gasteiger partial charge in [-0.15, -0.1) is 0 Å². The van der Waals surface area contributed by atoms with Crippen molar-refractivity contribution in [2.24, 2.45) is 0 Å². The van der Waals surface area contributed by atoms with Crippen LogP contribution >= 0.6 is 0 Å². The Hall–Kier alpha value is -5.45. The number of hydrogen-bond donors (Lipinski definition) is 0. The van der Waals surface area contributed by atoms with Crippen LogP contribution < -0.4 is 9.80 Å². The Bertz CT molecular complexity index is 2260. The van der Waals surface area contributed by atoms with Crippen LogP contribution in [0.15, 0.2) is 180 Å². The number of nitrogens with zero attached hydrogens (tertiary/aromatic N) is 2. The Kier molecular flexibility index (Phi) is 5.70. The predicted octanol–water partition coefficient (Wildman–Crippen LogP) is 9.84. The van der Waals surface area contributed by atoms with Crippen molar-refractivity contribution < 1.29 is 4.21 Å². The number of anilines is 5. The Balaban J connectivity index is 1.29. The highest BCUT2D eigenvalue weighted by atomic mass is 32.2. The first kappa shape index (κ1) is 26.7. The maximum absolute atomic E-state index is 15.0. The van der Waals surface area contributed by atoms with E-state index in [0.717, 1.165) is 33.3 Å². The standard InChI is InChI=1S/C43H30N2OS/c46-47-40-26-14-13-25-38(40)45(30-17-5-2-6-18-30)39-28-27-35-41(42(39)47)31-19-7-8-20-32(31)43(35)33-21-9-11-23-36(33)44(29-15-3-1-4-16-29)37-24-12-10-22-34(37)43/h1-28,39,42H.